The molecular formula is C25H19ClO3. The molecular weight excluding hydrogens is 384 g/mol. The van der Waals surface area contributed by atoms with Gasteiger partial charge in [-0.05, 0) is 61.9 Å². The molecule has 0 aliphatic rings. The summed E-state index contributed by atoms with van der Waals surface area (Å²) >= 11 is 6.17. The number of carbonyl (C=O) groups is 1. The first-order valence-corrected chi connectivity index (χ1v) is 9.63. The molecule has 4 rings (SSSR count). The van der Waals surface area contributed by atoms with Crippen LogP contribution in [0.25, 0.3) is 28.7 Å². The normalized spacial score (nSPS) is 11.3. The molecule has 0 N–H and O–H groups in total. The average Bonchev–Trinajstić information content (AvgIpc) is 3.39. The zero-order valence-corrected chi connectivity index (χ0v) is 16.9. The van der Waals surface area contributed by atoms with Gasteiger partial charge in [-0.15, -0.1) is 0 Å². The number of allylic oxidation sites excluding steroid dienone is 1. The Kier molecular flexibility index (Phi) is 5.24. The molecule has 0 saturated heterocycles. The third-order valence-electron chi connectivity index (χ3n) is 4.67. The standard InChI is InChI=1S/C25H19ClO3/c1-16-3-6-18(7-4-16)23-12-10-20(28-23)9-11-22(27)25-14-13-24(29-25)19-8-5-17(2)21(26)15-19/h3-15H,1-2H3. The van der Waals surface area contributed by atoms with Gasteiger partial charge in [-0.3, -0.25) is 4.79 Å². The topological polar surface area (TPSA) is 43.4 Å². The maximum Gasteiger partial charge on any atom is 0.221 e. The van der Waals surface area contributed by atoms with Gasteiger partial charge in [-0.25, -0.2) is 0 Å². The van der Waals surface area contributed by atoms with E-state index < -0.39 is 0 Å². The smallest absolute Gasteiger partial charge is 0.221 e. The van der Waals surface area contributed by atoms with Gasteiger partial charge in [-0.1, -0.05) is 53.6 Å². The van der Waals surface area contributed by atoms with E-state index in [4.69, 9.17) is 20.4 Å². The van der Waals surface area contributed by atoms with E-state index in [2.05, 4.69) is 0 Å². The molecule has 0 aliphatic carbocycles. The number of ketones is 1. The lowest BCUT2D eigenvalue weighted by atomic mass is 10.1. The summed E-state index contributed by atoms with van der Waals surface area (Å²) in [5.41, 5.74) is 4.01. The van der Waals surface area contributed by atoms with Crippen LogP contribution in [-0.4, -0.2) is 5.78 Å². The number of rotatable bonds is 5. The quantitative estimate of drug-likeness (QED) is 0.258. The van der Waals surface area contributed by atoms with Crippen LogP contribution in [0.3, 0.4) is 0 Å². The predicted molar refractivity (Wildman–Crippen MR) is 116 cm³/mol. The van der Waals surface area contributed by atoms with Gasteiger partial charge < -0.3 is 8.83 Å². The SMILES string of the molecule is Cc1ccc(-c2ccc(C=CC(=O)c3ccc(-c4ccc(C)c(Cl)c4)o3)o2)cc1. The molecule has 0 aliphatic heterocycles. The van der Waals surface area contributed by atoms with Gasteiger partial charge in [0.05, 0.1) is 0 Å². The first-order chi connectivity index (χ1) is 14.0. The van der Waals surface area contributed by atoms with E-state index in [1.165, 1.54) is 11.6 Å². The molecule has 0 bridgehead atoms. The van der Waals surface area contributed by atoms with E-state index in [0.29, 0.717) is 16.5 Å². The highest BCUT2D eigenvalue weighted by Crippen LogP contribution is 2.27. The number of furan rings is 2. The van der Waals surface area contributed by atoms with Gasteiger partial charge in [-0.2, -0.15) is 0 Å². The number of halogens is 1. The third-order valence-corrected chi connectivity index (χ3v) is 5.07. The lowest BCUT2D eigenvalue weighted by Crippen LogP contribution is -1.90. The largest absolute Gasteiger partial charge is 0.457 e. The second-order valence-electron chi connectivity index (χ2n) is 6.89. The number of hydrogen-bond acceptors (Lipinski definition) is 3. The summed E-state index contributed by atoms with van der Waals surface area (Å²) in [6.45, 7) is 3.98. The van der Waals surface area contributed by atoms with Gasteiger partial charge in [0.25, 0.3) is 0 Å². The highest BCUT2D eigenvalue weighted by atomic mass is 35.5. The van der Waals surface area contributed by atoms with E-state index in [9.17, 15) is 4.79 Å². The van der Waals surface area contributed by atoms with Crippen molar-refractivity contribution < 1.29 is 13.6 Å². The molecule has 0 unspecified atom stereocenters. The van der Waals surface area contributed by atoms with Crippen LogP contribution in [0.5, 0.6) is 0 Å². The molecule has 0 fully saturated rings. The molecule has 2 aromatic carbocycles. The monoisotopic (exact) mass is 402 g/mol. The summed E-state index contributed by atoms with van der Waals surface area (Å²) in [6, 6.07) is 20.9. The van der Waals surface area contributed by atoms with Crippen molar-refractivity contribution in [2.75, 3.05) is 0 Å². The van der Waals surface area contributed by atoms with Crippen molar-refractivity contribution in [2.45, 2.75) is 13.8 Å². The van der Waals surface area contributed by atoms with Gasteiger partial charge in [0.1, 0.15) is 17.3 Å². The van der Waals surface area contributed by atoms with Crippen molar-refractivity contribution in [1.29, 1.82) is 0 Å². The van der Waals surface area contributed by atoms with Crippen molar-refractivity contribution in [3.63, 3.8) is 0 Å². The van der Waals surface area contributed by atoms with Crippen LogP contribution in [0.1, 0.15) is 27.4 Å². The summed E-state index contributed by atoms with van der Waals surface area (Å²) in [4.78, 5) is 12.4. The molecule has 4 heteroatoms. The van der Waals surface area contributed by atoms with Crippen LogP contribution < -0.4 is 0 Å². The van der Waals surface area contributed by atoms with Crippen LogP contribution in [0.15, 0.2) is 81.6 Å². The lowest BCUT2D eigenvalue weighted by Gasteiger charge is -2.00. The second-order valence-corrected chi connectivity index (χ2v) is 7.30. The van der Waals surface area contributed by atoms with E-state index >= 15 is 0 Å². The van der Waals surface area contributed by atoms with Gasteiger partial charge in [0.15, 0.2) is 5.76 Å². The van der Waals surface area contributed by atoms with Gasteiger partial charge in [0.2, 0.25) is 5.78 Å². The Hall–Kier alpha value is -3.30. The minimum Gasteiger partial charge on any atom is -0.457 e. The highest BCUT2D eigenvalue weighted by molar-refractivity contribution is 6.31. The molecule has 0 saturated carbocycles. The number of carbonyl (C=O) groups excluding carboxylic acids is 1. The van der Waals surface area contributed by atoms with Crippen molar-refractivity contribution in [2.24, 2.45) is 0 Å². The fourth-order valence-corrected chi connectivity index (χ4v) is 3.11. The highest BCUT2D eigenvalue weighted by Gasteiger charge is 2.11. The second kappa shape index (κ2) is 7.98. The molecule has 0 atom stereocenters. The molecule has 4 aromatic rings. The van der Waals surface area contributed by atoms with Gasteiger partial charge >= 0.3 is 0 Å². The predicted octanol–water partition coefficient (Wildman–Crippen LogP) is 7.37. The minimum atomic E-state index is -0.234. The maximum atomic E-state index is 12.4. The summed E-state index contributed by atoms with van der Waals surface area (Å²) < 4.78 is 11.5. The number of benzene rings is 2. The molecule has 144 valence electrons. The van der Waals surface area contributed by atoms with Crippen molar-refractivity contribution >= 4 is 23.5 Å². The Morgan fingerprint density at radius 2 is 1.52 bits per heavy atom. The van der Waals surface area contributed by atoms with Crippen LogP contribution >= 0.6 is 11.6 Å². The van der Waals surface area contributed by atoms with E-state index in [-0.39, 0.29) is 11.5 Å². The lowest BCUT2D eigenvalue weighted by molar-refractivity contribution is 0.102. The molecule has 0 spiro atoms. The summed E-state index contributed by atoms with van der Waals surface area (Å²) in [5, 5.41) is 0.661. The molecule has 2 aromatic heterocycles. The Bertz CT molecular complexity index is 1190. The van der Waals surface area contributed by atoms with Gasteiger partial charge in [0, 0.05) is 16.1 Å². The average molecular weight is 403 g/mol. The van der Waals surface area contributed by atoms with Crippen molar-refractivity contribution in [1.82, 2.24) is 0 Å². The minimum absolute atomic E-state index is 0.234. The zero-order chi connectivity index (χ0) is 20.4. The Labute approximate surface area is 174 Å². The molecule has 29 heavy (non-hydrogen) atoms. The first-order valence-electron chi connectivity index (χ1n) is 9.25. The fraction of sp³-hybridized carbons (Fsp3) is 0.0800. The fourth-order valence-electron chi connectivity index (χ4n) is 2.93. The van der Waals surface area contributed by atoms with Crippen molar-refractivity contribution in [3.8, 4) is 22.6 Å². The summed E-state index contributed by atoms with van der Waals surface area (Å²) in [5.74, 6) is 1.99. The van der Waals surface area contributed by atoms with Crippen LogP contribution in [0, 0.1) is 13.8 Å². The first kappa shape index (κ1) is 19.0. The van der Waals surface area contributed by atoms with Crippen LogP contribution in [-0.2, 0) is 0 Å². The zero-order valence-electron chi connectivity index (χ0n) is 16.1. The molecule has 0 amide bonds. The molecule has 2 heterocycles. The van der Waals surface area contributed by atoms with E-state index in [1.54, 1.807) is 18.2 Å². The Morgan fingerprint density at radius 1 is 0.828 bits per heavy atom. The van der Waals surface area contributed by atoms with E-state index in [0.717, 1.165) is 22.5 Å². The third kappa shape index (κ3) is 4.25. The van der Waals surface area contributed by atoms with Crippen LogP contribution in [0.2, 0.25) is 5.02 Å². The molecule has 0 radical (unpaired) electrons. The Morgan fingerprint density at radius 3 is 2.28 bits per heavy atom. The van der Waals surface area contributed by atoms with E-state index in [1.807, 2.05) is 68.4 Å². The Balaban J connectivity index is 1.48. The summed E-state index contributed by atoms with van der Waals surface area (Å²) in [7, 11) is 0. The molecule has 3 nitrogen and oxygen atoms in total. The number of hydrogen-bond donors (Lipinski definition) is 0. The van der Waals surface area contributed by atoms with Crippen molar-refractivity contribution in [3.05, 3.63) is 100 Å². The van der Waals surface area contributed by atoms with Crippen LogP contribution in [0.4, 0.5) is 0 Å². The number of aryl methyl sites for hydroxylation is 2. The summed E-state index contributed by atoms with van der Waals surface area (Å²) in [6.07, 6.45) is 3.09. The maximum absolute atomic E-state index is 12.4.